The second kappa shape index (κ2) is 10.3. The fourth-order valence-corrected chi connectivity index (χ4v) is 4.39. The van der Waals surface area contributed by atoms with Gasteiger partial charge >= 0.3 is 5.76 Å². The van der Waals surface area contributed by atoms with Gasteiger partial charge in [-0.3, -0.25) is 9.36 Å². The van der Waals surface area contributed by atoms with Gasteiger partial charge in [0.15, 0.2) is 11.4 Å². The van der Waals surface area contributed by atoms with Crippen molar-refractivity contribution < 1.29 is 9.21 Å². The lowest BCUT2D eigenvalue weighted by atomic mass is 10.1. The summed E-state index contributed by atoms with van der Waals surface area (Å²) < 4.78 is 6.97. The van der Waals surface area contributed by atoms with Gasteiger partial charge in [-0.2, -0.15) is 0 Å². The van der Waals surface area contributed by atoms with E-state index in [2.05, 4.69) is 32.4 Å². The summed E-state index contributed by atoms with van der Waals surface area (Å²) in [6.45, 7) is 6.81. The molecule has 0 saturated carbocycles. The molecule has 0 spiro atoms. The molecule has 3 heterocycles. The maximum atomic E-state index is 12.6. The van der Waals surface area contributed by atoms with Crippen LogP contribution in [-0.2, 0) is 6.54 Å². The summed E-state index contributed by atoms with van der Waals surface area (Å²) in [7, 11) is 2.13. The van der Waals surface area contributed by atoms with E-state index in [9.17, 15) is 9.59 Å². The Kier molecular flexibility index (Phi) is 6.81. The van der Waals surface area contributed by atoms with E-state index in [0.717, 1.165) is 55.2 Å². The van der Waals surface area contributed by atoms with E-state index >= 15 is 0 Å². The molecule has 5 rings (SSSR count). The van der Waals surface area contributed by atoms with Crippen LogP contribution in [0.25, 0.3) is 22.4 Å². The molecule has 1 fully saturated rings. The quantitative estimate of drug-likeness (QED) is 0.429. The van der Waals surface area contributed by atoms with Gasteiger partial charge in [0.1, 0.15) is 0 Å². The van der Waals surface area contributed by atoms with Gasteiger partial charge in [0.2, 0.25) is 0 Å². The van der Waals surface area contributed by atoms with Crippen LogP contribution in [0.2, 0.25) is 0 Å². The Hall–Kier alpha value is -3.98. The Morgan fingerprint density at radius 3 is 2.61 bits per heavy atom. The van der Waals surface area contributed by atoms with Gasteiger partial charge in [-0.15, -0.1) is 10.2 Å². The number of amides is 1. The lowest BCUT2D eigenvalue weighted by Gasteiger charge is -2.32. The molecule has 4 aromatic rings. The predicted molar refractivity (Wildman–Crippen MR) is 139 cm³/mol. The number of carbonyl (C=O) groups excluding carboxylic acids is 1. The van der Waals surface area contributed by atoms with Crippen LogP contribution in [0.3, 0.4) is 0 Å². The molecule has 0 atom stereocenters. The number of nitrogens with zero attached hydrogens (tertiary/aromatic N) is 5. The third-order valence-corrected chi connectivity index (χ3v) is 6.51. The van der Waals surface area contributed by atoms with E-state index in [4.69, 9.17) is 4.42 Å². The van der Waals surface area contributed by atoms with Crippen molar-refractivity contribution in [3.05, 3.63) is 76.3 Å². The first-order valence-corrected chi connectivity index (χ1v) is 12.3. The first-order valence-electron chi connectivity index (χ1n) is 12.3. The highest BCUT2D eigenvalue weighted by molar-refractivity contribution is 5.97. The van der Waals surface area contributed by atoms with Gasteiger partial charge in [0, 0.05) is 43.9 Å². The van der Waals surface area contributed by atoms with Gasteiger partial charge in [-0.05, 0) is 55.4 Å². The molecule has 1 aliphatic heterocycles. The van der Waals surface area contributed by atoms with Crippen LogP contribution < -0.4 is 16.0 Å². The SMILES string of the molecule is CCCNC(=O)c1ccc2oc(=O)n(Cc3cccc(-c4ccc(N5CCN(C)CC5)nn4)c3)c2c1. The highest BCUT2D eigenvalue weighted by atomic mass is 16.4. The summed E-state index contributed by atoms with van der Waals surface area (Å²) in [6, 6.07) is 16.9. The molecule has 1 N–H and O–H groups in total. The van der Waals surface area contributed by atoms with Crippen molar-refractivity contribution in [2.24, 2.45) is 0 Å². The topological polar surface area (TPSA) is 96.5 Å². The summed E-state index contributed by atoms with van der Waals surface area (Å²) in [5.74, 6) is 0.260. The Bertz CT molecular complexity index is 1420. The van der Waals surface area contributed by atoms with Crippen LogP contribution in [0.15, 0.2) is 63.8 Å². The molecule has 1 aliphatic rings. The lowest BCUT2D eigenvalue weighted by Crippen LogP contribution is -2.44. The first kappa shape index (κ1) is 23.7. The van der Waals surface area contributed by atoms with Gasteiger partial charge in [0.25, 0.3) is 5.91 Å². The molecule has 2 aromatic heterocycles. The van der Waals surface area contributed by atoms with Crippen LogP contribution in [0.1, 0.15) is 29.3 Å². The third-order valence-electron chi connectivity index (χ3n) is 6.51. The van der Waals surface area contributed by atoms with E-state index in [1.54, 1.807) is 22.8 Å². The van der Waals surface area contributed by atoms with E-state index < -0.39 is 5.76 Å². The minimum atomic E-state index is -0.460. The molecule has 1 amide bonds. The largest absolute Gasteiger partial charge is 0.420 e. The molecule has 1 saturated heterocycles. The van der Waals surface area contributed by atoms with Crippen molar-refractivity contribution in [3.63, 3.8) is 0 Å². The van der Waals surface area contributed by atoms with Crippen LogP contribution in [-0.4, -0.2) is 65.3 Å². The Balaban J connectivity index is 1.37. The second-order valence-electron chi connectivity index (χ2n) is 9.16. The third kappa shape index (κ3) is 5.01. The molecule has 0 aliphatic carbocycles. The molecule has 0 bridgehead atoms. The molecule has 0 radical (unpaired) electrons. The summed E-state index contributed by atoms with van der Waals surface area (Å²) in [6.07, 6.45) is 0.851. The number of hydrogen-bond donors (Lipinski definition) is 1. The predicted octanol–water partition coefficient (Wildman–Crippen LogP) is 2.99. The van der Waals surface area contributed by atoms with E-state index in [-0.39, 0.29) is 5.91 Å². The summed E-state index contributed by atoms with van der Waals surface area (Å²) >= 11 is 0. The Labute approximate surface area is 209 Å². The number of fused-ring (bicyclic) bond motifs is 1. The molecule has 0 unspecified atom stereocenters. The number of rotatable bonds is 7. The number of piperazine rings is 1. The fourth-order valence-electron chi connectivity index (χ4n) is 4.39. The number of benzene rings is 2. The Morgan fingerprint density at radius 2 is 1.86 bits per heavy atom. The summed E-state index contributed by atoms with van der Waals surface area (Å²) in [5.41, 5.74) is 4.15. The van der Waals surface area contributed by atoms with Crippen molar-refractivity contribution in [1.29, 1.82) is 0 Å². The van der Waals surface area contributed by atoms with Crippen molar-refractivity contribution >= 4 is 22.8 Å². The second-order valence-corrected chi connectivity index (χ2v) is 9.16. The minimum absolute atomic E-state index is 0.167. The molecule has 186 valence electrons. The van der Waals surface area contributed by atoms with Crippen molar-refractivity contribution in [3.8, 4) is 11.3 Å². The molecule has 2 aromatic carbocycles. The van der Waals surface area contributed by atoms with E-state index in [0.29, 0.717) is 29.8 Å². The zero-order chi connectivity index (χ0) is 25.1. The number of anilines is 1. The number of hydrogen-bond acceptors (Lipinski definition) is 7. The molecule has 9 heteroatoms. The standard InChI is InChI=1S/C27H30N6O3/c1-3-11-28-26(34)21-7-9-24-23(17-21)33(27(35)36-24)18-19-5-4-6-20(16-19)22-8-10-25(30-29-22)32-14-12-31(2)13-15-32/h4-10,16-17H,3,11-15,18H2,1-2H3,(H,28,34). The lowest BCUT2D eigenvalue weighted by molar-refractivity contribution is 0.0954. The number of nitrogens with one attached hydrogen (secondary N) is 1. The highest BCUT2D eigenvalue weighted by Gasteiger charge is 2.16. The summed E-state index contributed by atoms with van der Waals surface area (Å²) in [4.78, 5) is 29.6. The number of oxazole rings is 1. The zero-order valence-electron chi connectivity index (χ0n) is 20.6. The smallest absolute Gasteiger partial charge is 0.408 e. The summed E-state index contributed by atoms with van der Waals surface area (Å²) in [5, 5.41) is 11.8. The number of carbonyl (C=O) groups is 1. The first-order chi connectivity index (χ1) is 17.5. The van der Waals surface area contributed by atoms with Crippen LogP contribution >= 0.6 is 0 Å². The van der Waals surface area contributed by atoms with E-state index in [1.165, 1.54) is 0 Å². The maximum absolute atomic E-state index is 12.6. The van der Waals surface area contributed by atoms with Crippen LogP contribution in [0.5, 0.6) is 0 Å². The van der Waals surface area contributed by atoms with Crippen LogP contribution in [0, 0.1) is 0 Å². The van der Waals surface area contributed by atoms with Gasteiger partial charge < -0.3 is 19.5 Å². The van der Waals surface area contributed by atoms with E-state index in [1.807, 2.05) is 43.3 Å². The fraction of sp³-hybridized carbons (Fsp3) is 0.333. The number of aromatic nitrogens is 3. The van der Waals surface area contributed by atoms with Crippen molar-refractivity contribution in [1.82, 2.24) is 25.0 Å². The van der Waals surface area contributed by atoms with Gasteiger partial charge in [0.05, 0.1) is 17.8 Å². The average molecular weight is 487 g/mol. The van der Waals surface area contributed by atoms with Crippen LogP contribution in [0.4, 0.5) is 5.82 Å². The van der Waals surface area contributed by atoms with Gasteiger partial charge in [-0.1, -0.05) is 25.1 Å². The maximum Gasteiger partial charge on any atom is 0.420 e. The minimum Gasteiger partial charge on any atom is -0.408 e. The van der Waals surface area contributed by atoms with Crippen molar-refractivity contribution in [2.45, 2.75) is 19.9 Å². The zero-order valence-corrected chi connectivity index (χ0v) is 20.6. The average Bonchev–Trinajstić information content (AvgIpc) is 3.22. The Morgan fingerprint density at radius 1 is 1.03 bits per heavy atom. The van der Waals surface area contributed by atoms with Gasteiger partial charge in [-0.25, -0.2) is 4.79 Å². The molecule has 36 heavy (non-hydrogen) atoms. The van der Waals surface area contributed by atoms with Crippen molar-refractivity contribution in [2.75, 3.05) is 44.7 Å². The normalized spacial score (nSPS) is 14.3. The molecule has 9 nitrogen and oxygen atoms in total. The number of likely N-dealkylation sites (N-methyl/N-ethyl adjacent to an activating group) is 1. The molecular weight excluding hydrogens is 456 g/mol. The highest BCUT2D eigenvalue weighted by Crippen LogP contribution is 2.22. The molecular formula is C27H30N6O3. The monoisotopic (exact) mass is 486 g/mol.